The molecule has 0 amide bonds. The van der Waals surface area contributed by atoms with Gasteiger partial charge in [-0.15, -0.1) is 0 Å². The summed E-state index contributed by atoms with van der Waals surface area (Å²) in [5.74, 6) is 1.17. The smallest absolute Gasteiger partial charge is 0.0966 e. The Bertz CT molecular complexity index is 166. The van der Waals surface area contributed by atoms with Crippen molar-refractivity contribution in [1.29, 1.82) is 0 Å². The highest BCUT2D eigenvalue weighted by Crippen LogP contribution is 2.13. The second-order valence-corrected chi connectivity index (χ2v) is 3.64. The van der Waals surface area contributed by atoms with Crippen molar-refractivity contribution >= 4 is 5.84 Å². The van der Waals surface area contributed by atoms with Crippen molar-refractivity contribution < 1.29 is 0 Å². The molecule has 1 atom stereocenters. The molecule has 0 saturated carbocycles. The second-order valence-electron chi connectivity index (χ2n) is 3.64. The fraction of sp³-hybridized carbons (Fsp3) is 0.900. The molecule has 76 valence electrons. The summed E-state index contributed by atoms with van der Waals surface area (Å²) in [6.45, 7) is 3.66. The van der Waals surface area contributed by atoms with Gasteiger partial charge in [-0.25, -0.2) is 0 Å². The number of nitrogens with zero attached hydrogens (tertiary/aromatic N) is 1. The molecule has 3 N–H and O–H groups in total. The maximum atomic E-state index is 5.39. The average Bonchev–Trinajstić information content (AvgIpc) is 2.59. The van der Waals surface area contributed by atoms with E-state index >= 15 is 0 Å². The molecule has 3 nitrogen and oxygen atoms in total. The van der Waals surface area contributed by atoms with E-state index in [-0.39, 0.29) is 0 Å². The number of hydrogen-bond acceptors (Lipinski definition) is 2. The largest absolute Gasteiger partial charge is 0.371 e. The summed E-state index contributed by atoms with van der Waals surface area (Å²) in [6, 6.07) is 0.677. The van der Waals surface area contributed by atoms with E-state index < -0.39 is 0 Å². The van der Waals surface area contributed by atoms with Crippen LogP contribution in [0.3, 0.4) is 0 Å². The van der Waals surface area contributed by atoms with E-state index in [4.69, 9.17) is 5.73 Å². The number of rotatable bonds is 5. The summed E-state index contributed by atoms with van der Waals surface area (Å²) in [5, 5.41) is 3.46. The molecule has 0 aromatic carbocycles. The van der Waals surface area contributed by atoms with E-state index in [0.29, 0.717) is 12.6 Å². The summed E-state index contributed by atoms with van der Waals surface area (Å²) in [5.41, 5.74) is 5.39. The van der Waals surface area contributed by atoms with E-state index in [1.165, 1.54) is 31.5 Å². The van der Waals surface area contributed by atoms with E-state index in [9.17, 15) is 0 Å². The van der Waals surface area contributed by atoms with Gasteiger partial charge in [-0.1, -0.05) is 19.8 Å². The summed E-state index contributed by atoms with van der Waals surface area (Å²) in [7, 11) is 0. The van der Waals surface area contributed by atoms with Gasteiger partial charge in [-0.05, 0) is 12.8 Å². The maximum Gasteiger partial charge on any atom is 0.0966 e. The minimum atomic E-state index is 0.658. The minimum absolute atomic E-state index is 0.658. The van der Waals surface area contributed by atoms with E-state index in [1.54, 1.807) is 0 Å². The lowest BCUT2D eigenvalue weighted by Crippen LogP contribution is -2.25. The normalized spacial score (nSPS) is 25.1. The molecule has 0 bridgehead atoms. The number of hydrogen-bond donors (Lipinski definition) is 2. The SMILES string of the molecule is CCCCC1CCC(=NCCN)N1. The predicted molar refractivity (Wildman–Crippen MR) is 57.0 cm³/mol. The van der Waals surface area contributed by atoms with Crippen LogP contribution in [0.2, 0.25) is 0 Å². The number of nitrogens with two attached hydrogens (primary N) is 1. The fourth-order valence-corrected chi connectivity index (χ4v) is 1.68. The lowest BCUT2D eigenvalue weighted by molar-refractivity contribution is 0.546. The highest BCUT2D eigenvalue weighted by molar-refractivity contribution is 5.84. The van der Waals surface area contributed by atoms with Gasteiger partial charge in [-0.2, -0.15) is 0 Å². The van der Waals surface area contributed by atoms with Crippen LogP contribution < -0.4 is 11.1 Å². The van der Waals surface area contributed by atoms with Crippen molar-refractivity contribution in [3.8, 4) is 0 Å². The maximum absolute atomic E-state index is 5.39. The molecule has 1 heterocycles. The quantitative estimate of drug-likeness (QED) is 0.674. The zero-order chi connectivity index (χ0) is 9.52. The van der Waals surface area contributed by atoms with Gasteiger partial charge < -0.3 is 11.1 Å². The van der Waals surface area contributed by atoms with Crippen LogP contribution in [0, 0.1) is 0 Å². The van der Waals surface area contributed by atoms with Crippen LogP contribution in [0.5, 0.6) is 0 Å². The first kappa shape index (κ1) is 10.5. The zero-order valence-corrected chi connectivity index (χ0v) is 8.55. The van der Waals surface area contributed by atoms with Crippen LogP contribution in [-0.4, -0.2) is 25.0 Å². The van der Waals surface area contributed by atoms with E-state index in [0.717, 1.165) is 13.0 Å². The Hall–Kier alpha value is -0.570. The van der Waals surface area contributed by atoms with Crippen molar-refractivity contribution in [3.05, 3.63) is 0 Å². The van der Waals surface area contributed by atoms with Gasteiger partial charge in [0.1, 0.15) is 0 Å². The van der Waals surface area contributed by atoms with Crippen molar-refractivity contribution in [2.24, 2.45) is 10.7 Å². The molecular formula is C10H21N3. The van der Waals surface area contributed by atoms with Gasteiger partial charge in [0.2, 0.25) is 0 Å². The summed E-state index contributed by atoms with van der Waals surface area (Å²) in [6.07, 6.45) is 6.27. The molecule has 13 heavy (non-hydrogen) atoms. The molecule has 1 saturated heterocycles. The van der Waals surface area contributed by atoms with E-state index in [2.05, 4.69) is 17.2 Å². The topological polar surface area (TPSA) is 50.4 Å². The molecule has 0 spiro atoms. The van der Waals surface area contributed by atoms with Crippen molar-refractivity contribution in [3.63, 3.8) is 0 Å². The molecule has 1 aliphatic heterocycles. The van der Waals surface area contributed by atoms with Crippen molar-refractivity contribution in [2.45, 2.75) is 45.1 Å². The monoisotopic (exact) mass is 183 g/mol. The lowest BCUT2D eigenvalue weighted by Gasteiger charge is -2.08. The highest BCUT2D eigenvalue weighted by atomic mass is 15.0. The Labute approximate surface area is 80.8 Å². The van der Waals surface area contributed by atoms with Crippen LogP contribution in [-0.2, 0) is 0 Å². The third-order valence-corrected chi connectivity index (χ3v) is 2.44. The van der Waals surface area contributed by atoms with Crippen LogP contribution >= 0.6 is 0 Å². The Morgan fingerprint density at radius 3 is 3.15 bits per heavy atom. The van der Waals surface area contributed by atoms with Crippen molar-refractivity contribution in [2.75, 3.05) is 13.1 Å². The third-order valence-electron chi connectivity index (χ3n) is 2.44. The molecule has 1 aliphatic rings. The Balaban J connectivity index is 2.19. The number of aliphatic imine (C=N–C) groups is 1. The molecule has 3 heteroatoms. The van der Waals surface area contributed by atoms with Crippen LogP contribution in [0.4, 0.5) is 0 Å². The Morgan fingerprint density at radius 2 is 2.46 bits per heavy atom. The molecule has 0 aromatic rings. The number of unbranched alkanes of at least 4 members (excludes halogenated alkanes) is 1. The molecule has 1 rings (SSSR count). The lowest BCUT2D eigenvalue weighted by atomic mass is 10.1. The first-order valence-electron chi connectivity index (χ1n) is 5.36. The summed E-state index contributed by atoms with van der Waals surface area (Å²) < 4.78 is 0. The number of nitrogens with one attached hydrogen (secondary N) is 1. The molecule has 1 unspecified atom stereocenters. The van der Waals surface area contributed by atoms with Crippen LogP contribution in [0.25, 0.3) is 0 Å². The minimum Gasteiger partial charge on any atom is -0.371 e. The Morgan fingerprint density at radius 1 is 1.62 bits per heavy atom. The predicted octanol–water partition coefficient (Wildman–Crippen LogP) is 1.29. The van der Waals surface area contributed by atoms with Gasteiger partial charge in [0.15, 0.2) is 0 Å². The van der Waals surface area contributed by atoms with Gasteiger partial charge in [0.05, 0.1) is 12.4 Å². The fourth-order valence-electron chi connectivity index (χ4n) is 1.68. The molecule has 0 aromatic heterocycles. The third kappa shape index (κ3) is 3.77. The molecular weight excluding hydrogens is 162 g/mol. The summed E-state index contributed by atoms with van der Waals surface area (Å²) >= 11 is 0. The Kier molecular flexibility index (Phi) is 4.83. The first-order valence-corrected chi connectivity index (χ1v) is 5.36. The van der Waals surface area contributed by atoms with Crippen LogP contribution in [0.1, 0.15) is 39.0 Å². The highest BCUT2D eigenvalue weighted by Gasteiger charge is 2.17. The standard InChI is InChI=1S/C10H21N3/c1-2-3-4-9-5-6-10(13-9)12-8-7-11/h9H,2-8,11H2,1H3,(H,12,13). The van der Waals surface area contributed by atoms with Gasteiger partial charge in [-0.3, -0.25) is 4.99 Å². The molecule has 1 fully saturated rings. The zero-order valence-electron chi connectivity index (χ0n) is 8.55. The molecule has 0 aliphatic carbocycles. The molecule has 0 radical (unpaired) electrons. The van der Waals surface area contributed by atoms with Gasteiger partial charge in [0.25, 0.3) is 0 Å². The number of amidine groups is 1. The summed E-state index contributed by atoms with van der Waals surface area (Å²) in [4.78, 5) is 4.38. The average molecular weight is 183 g/mol. The second kappa shape index (κ2) is 5.97. The van der Waals surface area contributed by atoms with E-state index in [1.807, 2.05) is 0 Å². The van der Waals surface area contributed by atoms with Gasteiger partial charge >= 0.3 is 0 Å². The van der Waals surface area contributed by atoms with Gasteiger partial charge in [0, 0.05) is 19.0 Å². The van der Waals surface area contributed by atoms with Crippen molar-refractivity contribution in [1.82, 2.24) is 5.32 Å². The first-order chi connectivity index (χ1) is 6.36. The van der Waals surface area contributed by atoms with Crippen LogP contribution in [0.15, 0.2) is 4.99 Å².